The predicted octanol–water partition coefficient (Wildman–Crippen LogP) is 1.85. The van der Waals surface area contributed by atoms with E-state index in [1.807, 2.05) is 45.2 Å². The number of carbonyl (C=O) groups is 2. The molecule has 0 aromatic heterocycles. The Balaban J connectivity index is 3.93. The quantitative estimate of drug-likeness (QED) is 0.293. The molecule has 0 aromatic rings. The lowest BCUT2D eigenvalue weighted by Gasteiger charge is -2.07. The Morgan fingerprint density at radius 2 is 1.79 bits per heavy atom. The first-order valence-corrected chi connectivity index (χ1v) is 6.82. The van der Waals surface area contributed by atoms with Crippen molar-refractivity contribution in [2.75, 3.05) is 15.5 Å². The molecule has 0 fully saturated rings. The molecule has 14 heavy (non-hydrogen) atoms. The third kappa shape index (κ3) is 6.57. The minimum absolute atomic E-state index is 0.0146. The van der Waals surface area contributed by atoms with E-state index in [0.717, 1.165) is 0 Å². The average Bonchev–Trinajstić information content (AvgIpc) is 2.22. The van der Waals surface area contributed by atoms with E-state index >= 15 is 0 Å². The highest BCUT2D eigenvalue weighted by Gasteiger charge is 2.07. The number of hydrogen-bond donors (Lipinski definition) is 0. The van der Waals surface area contributed by atoms with Gasteiger partial charge in [-0.15, -0.1) is 0 Å². The summed E-state index contributed by atoms with van der Waals surface area (Å²) in [6, 6.07) is 0. The van der Waals surface area contributed by atoms with Gasteiger partial charge in [-0.1, -0.05) is 45.2 Å². The maximum absolute atomic E-state index is 10.9. The number of halogens is 2. The summed E-state index contributed by atoms with van der Waals surface area (Å²) in [6.45, 7) is 1.73. The van der Waals surface area contributed by atoms with Crippen LogP contribution in [0.2, 0.25) is 0 Å². The van der Waals surface area contributed by atoms with E-state index in [1.165, 1.54) is 0 Å². The van der Waals surface area contributed by atoms with E-state index in [9.17, 15) is 9.59 Å². The van der Waals surface area contributed by atoms with Gasteiger partial charge in [0.15, 0.2) is 0 Å². The zero-order chi connectivity index (χ0) is 11.0. The normalized spacial score (nSPS) is 10.9. The van der Waals surface area contributed by atoms with Gasteiger partial charge in [-0.3, -0.25) is 9.59 Å². The summed E-state index contributed by atoms with van der Waals surface area (Å²) < 4.78 is 10.2. The summed E-state index contributed by atoms with van der Waals surface area (Å²) >= 11 is 3.80. The standard InChI is InChI=1S/C8H10I2O4/c1-2-6(14-8(12)4-10)5-13-7(11)3-9/h2H,3-5H2,1H3/b6-2-. The van der Waals surface area contributed by atoms with E-state index in [2.05, 4.69) is 0 Å². The van der Waals surface area contributed by atoms with Crippen LogP contribution in [-0.2, 0) is 19.1 Å². The van der Waals surface area contributed by atoms with Crippen LogP contribution >= 0.6 is 45.2 Å². The molecule has 0 radical (unpaired) electrons. The van der Waals surface area contributed by atoms with Crippen LogP contribution in [0.1, 0.15) is 6.92 Å². The van der Waals surface area contributed by atoms with Gasteiger partial charge >= 0.3 is 11.9 Å². The second-order valence-electron chi connectivity index (χ2n) is 2.16. The van der Waals surface area contributed by atoms with Gasteiger partial charge in [0.25, 0.3) is 0 Å². The van der Waals surface area contributed by atoms with Crippen LogP contribution in [0.15, 0.2) is 11.8 Å². The highest BCUT2D eigenvalue weighted by molar-refractivity contribution is 14.1. The Labute approximate surface area is 110 Å². The molecule has 0 rings (SSSR count). The first-order chi connectivity index (χ1) is 6.63. The smallest absolute Gasteiger partial charge is 0.320 e. The lowest BCUT2D eigenvalue weighted by molar-refractivity contribution is -0.144. The van der Waals surface area contributed by atoms with Crippen LogP contribution in [0.5, 0.6) is 0 Å². The topological polar surface area (TPSA) is 52.6 Å². The highest BCUT2D eigenvalue weighted by Crippen LogP contribution is 2.01. The van der Waals surface area contributed by atoms with E-state index in [4.69, 9.17) is 9.47 Å². The van der Waals surface area contributed by atoms with Crippen molar-refractivity contribution in [2.45, 2.75) is 6.92 Å². The predicted molar refractivity (Wildman–Crippen MR) is 68.6 cm³/mol. The molecular weight excluding hydrogens is 414 g/mol. The molecule has 80 valence electrons. The maximum Gasteiger partial charge on any atom is 0.320 e. The van der Waals surface area contributed by atoms with E-state index in [1.54, 1.807) is 13.0 Å². The lowest BCUT2D eigenvalue weighted by atomic mass is 10.5. The number of carbonyl (C=O) groups excluding carboxylic acids is 2. The summed E-state index contributed by atoms with van der Waals surface area (Å²) in [6.07, 6.45) is 1.60. The molecule has 0 atom stereocenters. The van der Waals surface area contributed by atoms with Gasteiger partial charge < -0.3 is 9.47 Å². The molecule has 0 saturated heterocycles. The molecule has 0 saturated carbocycles. The molecule has 0 aliphatic carbocycles. The molecule has 0 spiro atoms. The number of rotatable bonds is 5. The van der Waals surface area contributed by atoms with Crippen molar-refractivity contribution in [1.29, 1.82) is 0 Å². The third-order valence-electron chi connectivity index (χ3n) is 1.16. The fourth-order valence-electron chi connectivity index (χ4n) is 0.535. The summed E-state index contributed by atoms with van der Waals surface area (Å²) in [5.41, 5.74) is 0. The number of ether oxygens (including phenoxy) is 2. The van der Waals surface area contributed by atoms with Crippen LogP contribution in [0, 0.1) is 0 Å². The Kier molecular flexibility index (Phi) is 8.53. The largest absolute Gasteiger partial charge is 0.457 e. The molecule has 0 bridgehead atoms. The van der Waals surface area contributed by atoms with E-state index < -0.39 is 0 Å². The van der Waals surface area contributed by atoms with Crippen molar-refractivity contribution in [1.82, 2.24) is 0 Å². The summed E-state index contributed by atoms with van der Waals surface area (Å²) in [7, 11) is 0. The van der Waals surface area contributed by atoms with Crippen LogP contribution in [-0.4, -0.2) is 27.4 Å². The molecule has 6 heteroatoms. The van der Waals surface area contributed by atoms with Crippen molar-refractivity contribution in [3.8, 4) is 0 Å². The maximum atomic E-state index is 10.9. The minimum Gasteiger partial charge on any atom is -0.457 e. The molecule has 0 heterocycles. The molecule has 4 nitrogen and oxygen atoms in total. The van der Waals surface area contributed by atoms with Gasteiger partial charge in [-0.25, -0.2) is 0 Å². The molecule has 0 aliphatic rings. The van der Waals surface area contributed by atoms with Crippen molar-refractivity contribution in [3.05, 3.63) is 11.8 Å². The van der Waals surface area contributed by atoms with Crippen LogP contribution in [0.25, 0.3) is 0 Å². The van der Waals surface area contributed by atoms with Crippen molar-refractivity contribution in [3.63, 3.8) is 0 Å². The van der Waals surface area contributed by atoms with Gasteiger partial charge in [-0.2, -0.15) is 0 Å². The number of esters is 2. The molecule has 0 amide bonds. The Bertz CT molecular complexity index is 237. The zero-order valence-corrected chi connectivity index (χ0v) is 11.9. The van der Waals surface area contributed by atoms with Crippen molar-refractivity contribution in [2.24, 2.45) is 0 Å². The van der Waals surface area contributed by atoms with Crippen molar-refractivity contribution >= 4 is 57.1 Å². The van der Waals surface area contributed by atoms with Crippen LogP contribution in [0.4, 0.5) is 0 Å². The van der Waals surface area contributed by atoms with Gasteiger partial charge in [0.05, 0.1) is 8.86 Å². The molecule has 0 aliphatic heterocycles. The first kappa shape index (κ1) is 14.1. The van der Waals surface area contributed by atoms with E-state index in [0.29, 0.717) is 5.76 Å². The van der Waals surface area contributed by atoms with Gasteiger partial charge in [0, 0.05) is 0 Å². The van der Waals surface area contributed by atoms with Gasteiger partial charge in [-0.05, 0) is 13.0 Å². The average molecular weight is 424 g/mol. The van der Waals surface area contributed by atoms with Crippen LogP contribution in [0.3, 0.4) is 0 Å². The minimum atomic E-state index is -0.343. The number of alkyl halides is 2. The fourth-order valence-corrected chi connectivity index (χ4v) is 0.911. The molecule has 0 unspecified atom stereocenters. The van der Waals surface area contributed by atoms with Crippen LogP contribution < -0.4 is 0 Å². The Hall–Kier alpha value is 0.140. The fraction of sp³-hybridized carbons (Fsp3) is 0.500. The SMILES string of the molecule is C/C=C(/COC(=O)CI)OC(=O)CI. The zero-order valence-electron chi connectivity index (χ0n) is 7.59. The van der Waals surface area contributed by atoms with Gasteiger partial charge in [0.1, 0.15) is 12.4 Å². The second-order valence-corrected chi connectivity index (χ2v) is 3.68. The number of hydrogen-bond acceptors (Lipinski definition) is 4. The summed E-state index contributed by atoms with van der Waals surface area (Å²) in [4.78, 5) is 21.7. The van der Waals surface area contributed by atoms with Gasteiger partial charge in [0.2, 0.25) is 0 Å². The molecule has 0 aromatic carbocycles. The van der Waals surface area contributed by atoms with Crippen molar-refractivity contribution < 1.29 is 19.1 Å². The first-order valence-electron chi connectivity index (χ1n) is 3.77. The molecular formula is C8H10I2O4. The van der Waals surface area contributed by atoms with E-state index in [-0.39, 0.29) is 27.4 Å². The monoisotopic (exact) mass is 424 g/mol. The summed E-state index contributed by atoms with van der Waals surface area (Å²) in [5.74, 6) is -0.301. The lowest BCUT2D eigenvalue weighted by Crippen LogP contribution is -2.13. The third-order valence-corrected chi connectivity index (χ3v) is 2.41. The Morgan fingerprint density at radius 1 is 1.21 bits per heavy atom. The second kappa shape index (κ2) is 8.45. The highest BCUT2D eigenvalue weighted by atomic mass is 127. The Morgan fingerprint density at radius 3 is 2.21 bits per heavy atom. The molecule has 0 N–H and O–H groups in total. The summed E-state index contributed by atoms with van der Waals surface area (Å²) in [5, 5.41) is 0. The number of allylic oxidation sites excluding steroid dienone is 1.